The summed E-state index contributed by atoms with van der Waals surface area (Å²) >= 11 is 0.916. The number of aryl methyl sites for hydroxylation is 1. The number of anilines is 1. The van der Waals surface area contributed by atoms with Crippen LogP contribution in [0.2, 0.25) is 0 Å². The molecule has 0 saturated carbocycles. The Hall–Kier alpha value is -3.36. The number of para-hydroxylation sites is 1. The lowest BCUT2D eigenvalue weighted by Crippen LogP contribution is -2.31. The maximum absolute atomic E-state index is 12.7. The number of rotatable bonds is 7. The third-order valence-corrected chi connectivity index (χ3v) is 6.02. The van der Waals surface area contributed by atoms with Crippen molar-refractivity contribution in [1.82, 2.24) is 9.47 Å². The summed E-state index contributed by atoms with van der Waals surface area (Å²) < 4.78 is 6.83. The van der Waals surface area contributed by atoms with E-state index in [2.05, 4.69) is 5.32 Å². The minimum absolute atomic E-state index is 0.123. The molecule has 2 aromatic carbocycles. The quantitative estimate of drug-likeness (QED) is 0.545. The number of carbonyl (C=O) groups is 3. The van der Waals surface area contributed by atoms with Crippen molar-refractivity contribution in [1.29, 1.82) is 0 Å². The number of ether oxygens (including phenoxy) is 1. The van der Waals surface area contributed by atoms with Gasteiger partial charge >= 0.3 is 0 Å². The third-order valence-electron chi connectivity index (χ3n) is 5.11. The lowest BCUT2D eigenvalue weighted by molar-refractivity contribution is -0.123. The van der Waals surface area contributed by atoms with E-state index in [-0.39, 0.29) is 30.1 Å². The first-order chi connectivity index (χ1) is 15.5. The lowest BCUT2D eigenvalue weighted by Gasteiger charge is -2.10. The van der Waals surface area contributed by atoms with Gasteiger partial charge < -0.3 is 14.6 Å². The number of nitrogens with one attached hydrogen (secondary N) is 1. The molecule has 0 atom stereocenters. The van der Waals surface area contributed by atoms with Gasteiger partial charge in [-0.1, -0.05) is 30.3 Å². The van der Waals surface area contributed by atoms with Crippen molar-refractivity contribution >= 4 is 51.5 Å². The van der Waals surface area contributed by atoms with E-state index in [4.69, 9.17) is 4.74 Å². The molecule has 1 aliphatic rings. The molecule has 1 N–H and O–H groups in total. The molecule has 0 spiro atoms. The predicted octanol–water partition coefficient (Wildman–Crippen LogP) is 4.27. The fraction of sp³-hybridized carbons (Fsp3) is 0.208. The Kier molecular flexibility index (Phi) is 6.43. The standard InChI is InChI=1S/C24H23N3O4S/c1-16-6-5-7-18(12-16)25-22(28)15-26-14-17(19-8-3-4-9-20(19)26)13-21-23(29)27(10-11-31-2)24(30)32-21/h3-9,12-14H,10-11,15H2,1-2H3,(H,25,28)/b21-13+. The largest absolute Gasteiger partial charge is 0.383 e. The summed E-state index contributed by atoms with van der Waals surface area (Å²) in [5.41, 5.74) is 3.46. The van der Waals surface area contributed by atoms with Crippen molar-refractivity contribution in [2.24, 2.45) is 0 Å². The van der Waals surface area contributed by atoms with Gasteiger partial charge in [-0.15, -0.1) is 0 Å². The smallest absolute Gasteiger partial charge is 0.293 e. The zero-order valence-electron chi connectivity index (χ0n) is 17.8. The number of carbonyl (C=O) groups excluding carboxylic acids is 3. The van der Waals surface area contributed by atoms with E-state index in [1.807, 2.05) is 66.2 Å². The Morgan fingerprint density at radius 2 is 1.97 bits per heavy atom. The fourth-order valence-electron chi connectivity index (χ4n) is 3.62. The number of nitrogens with zero attached hydrogens (tertiary/aromatic N) is 2. The number of amides is 3. The number of aromatic nitrogens is 1. The molecule has 3 amide bonds. The highest BCUT2D eigenvalue weighted by atomic mass is 32.2. The van der Waals surface area contributed by atoms with E-state index in [0.29, 0.717) is 11.5 Å². The highest BCUT2D eigenvalue weighted by Gasteiger charge is 2.34. The van der Waals surface area contributed by atoms with Crippen LogP contribution in [0.5, 0.6) is 0 Å². The van der Waals surface area contributed by atoms with E-state index in [0.717, 1.165) is 39.5 Å². The number of thioether (sulfide) groups is 1. The van der Waals surface area contributed by atoms with Crippen molar-refractivity contribution in [3.8, 4) is 0 Å². The van der Waals surface area contributed by atoms with E-state index >= 15 is 0 Å². The summed E-state index contributed by atoms with van der Waals surface area (Å²) in [4.78, 5) is 39.1. The second-order valence-electron chi connectivity index (χ2n) is 7.47. The third kappa shape index (κ3) is 4.61. The first kappa shape index (κ1) is 21.9. The molecule has 7 nitrogen and oxygen atoms in total. The maximum Gasteiger partial charge on any atom is 0.293 e. The summed E-state index contributed by atoms with van der Waals surface area (Å²) in [6.07, 6.45) is 3.55. The monoisotopic (exact) mass is 449 g/mol. The first-order valence-corrected chi connectivity index (χ1v) is 11.0. The second kappa shape index (κ2) is 9.42. The van der Waals surface area contributed by atoms with Gasteiger partial charge in [-0.25, -0.2) is 0 Å². The van der Waals surface area contributed by atoms with Crippen LogP contribution in [0, 0.1) is 6.92 Å². The van der Waals surface area contributed by atoms with Crippen LogP contribution in [0.4, 0.5) is 10.5 Å². The molecule has 0 radical (unpaired) electrons. The molecule has 1 aromatic heterocycles. The number of imide groups is 1. The molecular formula is C24H23N3O4S. The van der Waals surface area contributed by atoms with E-state index in [9.17, 15) is 14.4 Å². The van der Waals surface area contributed by atoms with Gasteiger partial charge in [-0.3, -0.25) is 19.3 Å². The van der Waals surface area contributed by atoms with E-state index < -0.39 is 0 Å². The molecule has 0 bridgehead atoms. The van der Waals surface area contributed by atoms with Crippen molar-refractivity contribution in [2.75, 3.05) is 25.6 Å². The average molecular weight is 450 g/mol. The van der Waals surface area contributed by atoms with Crippen LogP contribution in [0.15, 0.2) is 59.6 Å². The van der Waals surface area contributed by atoms with Crippen molar-refractivity contribution in [2.45, 2.75) is 13.5 Å². The Morgan fingerprint density at radius 1 is 1.16 bits per heavy atom. The molecule has 1 saturated heterocycles. The van der Waals surface area contributed by atoms with Crippen LogP contribution >= 0.6 is 11.8 Å². The van der Waals surface area contributed by atoms with Crippen LogP contribution < -0.4 is 5.32 Å². The zero-order chi connectivity index (χ0) is 22.7. The Balaban J connectivity index is 1.59. The van der Waals surface area contributed by atoms with Gasteiger partial charge in [0.2, 0.25) is 5.91 Å². The topological polar surface area (TPSA) is 80.6 Å². The summed E-state index contributed by atoms with van der Waals surface area (Å²) in [5.74, 6) is -0.478. The molecule has 0 aliphatic carbocycles. The number of fused-ring (bicyclic) bond motifs is 1. The summed E-state index contributed by atoms with van der Waals surface area (Å²) in [7, 11) is 1.53. The average Bonchev–Trinajstić information content (AvgIpc) is 3.23. The minimum atomic E-state index is -0.328. The van der Waals surface area contributed by atoms with Crippen molar-refractivity contribution < 1.29 is 19.1 Å². The molecule has 8 heteroatoms. The molecule has 1 fully saturated rings. The Labute approximate surface area is 190 Å². The molecule has 3 aromatic rings. The van der Waals surface area contributed by atoms with Crippen LogP contribution in [-0.4, -0.2) is 46.8 Å². The summed E-state index contributed by atoms with van der Waals surface area (Å²) in [5, 5.41) is 3.52. The van der Waals surface area contributed by atoms with Gasteiger partial charge in [0, 0.05) is 35.5 Å². The highest BCUT2D eigenvalue weighted by molar-refractivity contribution is 8.18. The molecule has 2 heterocycles. The Morgan fingerprint density at radius 3 is 2.75 bits per heavy atom. The predicted molar refractivity (Wildman–Crippen MR) is 126 cm³/mol. The second-order valence-corrected chi connectivity index (χ2v) is 8.47. The fourth-order valence-corrected chi connectivity index (χ4v) is 4.47. The van der Waals surface area contributed by atoms with Gasteiger partial charge in [0.1, 0.15) is 6.54 Å². The normalized spacial score (nSPS) is 15.2. The first-order valence-electron chi connectivity index (χ1n) is 10.1. The molecule has 164 valence electrons. The van der Waals surface area contributed by atoms with Crippen LogP contribution in [-0.2, 0) is 20.9 Å². The zero-order valence-corrected chi connectivity index (χ0v) is 18.6. The van der Waals surface area contributed by atoms with E-state index in [1.165, 1.54) is 12.0 Å². The number of hydrogen-bond donors (Lipinski definition) is 1. The molecule has 4 rings (SSSR count). The van der Waals surface area contributed by atoms with Crippen LogP contribution in [0.25, 0.3) is 17.0 Å². The number of hydrogen-bond acceptors (Lipinski definition) is 5. The number of methoxy groups -OCH3 is 1. The van der Waals surface area contributed by atoms with Crippen LogP contribution in [0.3, 0.4) is 0 Å². The van der Waals surface area contributed by atoms with Gasteiger partial charge in [0.25, 0.3) is 11.1 Å². The van der Waals surface area contributed by atoms with Gasteiger partial charge in [0.15, 0.2) is 0 Å². The highest BCUT2D eigenvalue weighted by Crippen LogP contribution is 2.34. The van der Waals surface area contributed by atoms with Gasteiger partial charge in [-0.2, -0.15) is 0 Å². The van der Waals surface area contributed by atoms with Crippen molar-refractivity contribution in [3.05, 3.63) is 70.8 Å². The molecule has 0 unspecified atom stereocenters. The Bertz CT molecular complexity index is 1230. The van der Waals surface area contributed by atoms with Gasteiger partial charge in [-0.05, 0) is 48.5 Å². The maximum atomic E-state index is 12.7. The van der Waals surface area contributed by atoms with Crippen molar-refractivity contribution in [3.63, 3.8) is 0 Å². The molecule has 32 heavy (non-hydrogen) atoms. The van der Waals surface area contributed by atoms with E-state index in [1.54, 1.807) is 6.08 Å². The summed E-state index contributed by atoms with van der Waals surface area (Å²) in [6.45, 7) is 2.61. The van der Waals surface area contributed by atoms with Crippen LogP contribution in [0.1, 0.15) is 11.1 Å². The number of benzene rings is 2. The summed E-state index contributed by atoms with van der Waals surface area (Å²) in [6, 6.07) is 15.3. The SMILES string of the molecule is COCCN1C(=O)S/C(=C/c2cn(CC(=O)Nc3cccc(C)c3)c3ccccc23)C1=O. The molecule has 1 aliphatic heterocycles. The lowest BCUT2D eigenvalue weighted by atomic mass is 10.1. The minimum Gasteiger partial charge on any atom is -0.383 e. The molecular weight excluding hydrogens is 426 g/mol. The van der Waals surface area contributed by atoms with Gasteiger partial charge in [0.05, 0.1) is 18.1 Å².